The molecule has 4 aliphatic rings. The third-order valence-electron chi connectivity index (χ3n) is 8.09. The Morgan fingerprint density at radius 3 is 2.35 bits per heavy atom. The summed E-state index contributed by atoms with van der Waals surface area (Å²) in [6.45, 7) is 8.54. The highest BCUT2D eigenvalue weighted by atomic mass is 16.6. The highest BCUT2D eigenvalue weighted by molar-refractivity contribution is 6.05. The summed E-state index contributed by atoms with van der Waals surface area (Å²) < 4.78 is 5.31. The Kier molecular flexibility index (Phi) is 5.45. The molecule has 0 aliphatic carbocycles. The van der Waals surface area contributed by atoms with Crippen LogP contribution in [0.3, 0.4) is 0 Å². The quantitative estimate of drug-likeness (QED) is 0.733. The highest BCUT2D eigenvalue weighted by Crippen LogP contribution is 2.42. The first-order valence-electron chi connectivity index (χ1n) is 12.1. The van der Waals surface area contributed by atoms with E-state index in [0.717, 1.165) is 57.3 Å². The molecule has 0 saturated carbocycles. The molecule has 0 spiro atoms. The topological polar surface area (TPSA) is 53.1 Å². The molecule has 6 heteroatoms. The van der Waals surface area contributed by atoms with Crippen LogP contribution in [0.2, 0.25) is 0 Å². The number of carbonyl (C=O) groups excluding carboxylic acids is 2. The van der Waals surface area contributed by atoms with Gasteiger partial charge in [0.2, 0.25) is 5.91 Å². The smallest absolute Gasteiger partial charge is 0.410 e. The predicted octanol–water partition coefficient (Wildman–Crippen LogP) is 4.06. The molecule has 4 aliphatic heterocycles. The minimum atomic E-state index is -0.122. The van der Waals surface area contributed by atoms with Crippen LogP contribution in [0.1, 0.15) is 69.4 Å². The van der Waals surface area contributed by atoms with Gasteiger partial charge in [0.15, 0.2) is 0 Å². The molecule has 5 rings (SSSR count). The van der Waals surface area contributed by atoms with Crippen molar-refractivity contribution in [2.45, 2.75) is 89.4 Å². The second-order valence-corrected chi connectivity index (χ2v) is 9.88. The average Bonchev–Trinajstić information content (AvgIpc) is 3.17. The van der Waals surface area contributed by atoms with Gasteiger partial charge in [-0.3, -0.25) is 4.79 Å². The number of benzene rings is 1. The molecule has 0 aromatic heterocycles. The van der Waals surface area contributed by atoms with Crippen molar-refractivity contribution in [3.63, 3.8) is 0 Å². The third-order valence-corrected chi connectivity index (χ3v) is 8.09. The van der Waals surface area contributed by atoms with E-state index in [2.05, 4.69) is 34.9 Å². The number of anilines is 1. The van der Waals surface area contributed by atoms with E-state index in [1.54, 1.807) is 0 Å². The molecule has 31 heavy (non-hydrogen) atoms. The zero-order chi connectivity index (χ0) is 21.7. The second-order valence-electron chi connectivity index (χ2n) is 9.88. The molecule has 3 fully saturated rings. The van der Waals surface area contributed by atoms with Crippen molar-refractivity contribution in [1.82, 2.24) is 9.80 Å². The summed E-state index contributed by atoms with van der Waals surface area (Å²) in [5, 5.41) is 0. The van der Waals surface area contributed by atoms with Gasteiger partial charge in [0.1, 0.15) is 0 Å². The molecular weight excluding hydrogens is 390 g/mol. The van der Waals surface area contributed by atoms with Gasteiger partial charge in [0.25, 0.3) is 0 Å². The van der Waals surface area contributed by atoms with E-state index in [9.17, 15) is 9.59 Å². The largest absolute Gasteiger partial charge is 0.450 e. The first-order chi connectivity index (χ1) is 15.0. The van der Waals surface area contributed by atoms with Crippen LogP contribution >= 0.6 is 0 Å². The number of hydrogen-bond donors (Lipinski definition) is 0. The van der Waals surface area contributed by atoms with Crippen LogP contribution in [0, 0.1) is 6.92 Å². The molecule has 1 aromatic rings. The van der Waals surface area contributed by atoms with Crippen molar-refractivity contribution in [1.29, 1.82) is 0 Å². The van der Waals surface area contributed by atoms with Crippen LogP contribution < -0.4 is 4.90 Å². The number of aryl methyl sites for hydroxylation is 1. The van der Waals surface area contributed by atoms with E-state index in [1.165, 1.54) is 11.1 Å². The fourth-order valence-electron chi connectivity index (χ4n) is 6.52. The third kappa shape index (κ3) is 3.53. The number of nitrogens with zero attached hydrogens (tertiary/aromatic N) is 3. The summed E-state index contributed by atoms with van der Waals surface area (Å²) in [5.74, 6) is 0.233. The van der Waals surface area contributed by atoms with Crippen LogP contribution in [0.15, 0.2) is 18.2 Å². The Morgan fingerprint density at radius 1 is 1.03 bits per heavy atom. The Labute approximate surface area is 185 Å². The SMILES string of the molecule is CCOC(=O)N1C2CCC1CC(N1CCC(N3C(=O)C(C)c4ccc(C)cc43)CC1)C2. The van der Waals surface area contributed by atoms with E-state index in [-0.39, 0.29) is 17.9 Å². The number of piperidine rings is 2. The Morgan fingerprint density at radius 2 is 1.71 bits per heavy atom. The molecule has 2 amide bonds. The van der Waals surface area contributed by atoms with Crippen LogP contribution in [-0.4, -0.2) is 65.7 Å². The highest BCUT2D eigenvalue weighted by Gasteiger charge is 2.46. The standard InChI is InChI=1S/C25H35N3O3/c1-4-31-25(30)27-19-6-7-20(27)15-21(14-19)26-11-9-18(10-12-26)28-23-13-16(2)5-8-22(23)17(3)24(28)29/h5,8,13,17-21H,4,6-7,9-12,14-15H2,1-3H3. The first kappa shape index (κ1) is 20.8. The lowest BCUT2D eigenvalue weighted by atomic mass is 9.93. The maximum atomic E-state index is 13.1. The van der Waals surface area contributed by atoms with Gasteiger partial charge in [-0.25, -0.2) is 4.79 Å². The number of hydrogen-bond acceptors (Lipinski definition) is 4. The molecule has 3 saturated heterocycles. The minimum absolute atomic E-state index is 0.0311. The molecule has 2 bridgehead atoms. The maximum absolute atomic E-state index is 13.1. The molecule has 1 aromatic carbocycles. The molecular formula is C25H35N3O3. The summed E-state index contributed by atoms with van der Waals surface area (Å²) in [6, 6.07) is 7.94. The Bertz CT molecular complexity index is 850. The summed E-state index contributed by atoms with van der Waals surface area (Å²) in [6.07, 6.45) is 6.25. The minimum Gasteiger partial charge on any atom is -0.450 e. The van der Waals surface area contributed by atoms with Crippen molar-refractivity contribution >= 4 is 17.7 Å². The van der Waals surface area contributed by atoms with E-state index in [1.807, 2.05) is 18.7 Å². The molecule has 3 atom stereocenters. The lowest BCUT2D eigenvalue weighted by molar-refractivity contribution is -0.119. The van der Waals surface area contributed by atoms with Gasteiger partial charge in [-0.1, -0.05) is 12.1 Å². The number of amides is 2. The number of likely N-dealkylation sites (tertiary alicyclic amines) is 1. The Hall–Kier alpha value is -2.08. The van der Waals surface area contributed by atoms with Gasteiger partial charge in [-0.15, -0.1) is 0 Å². The molecule has 3 unspecified atom stereocenters. The van der Waals surface area contributed by atoms with Crippen LogP contribution in [0.5, 0.6) is 0 Å². The van der Waals surface area contributed by atoms with Crippen molar-refractivity contribution in [2.75, 3.05) is 24.6 Å². The monoisotopic (exact) mass is 425 g/mol. The number of rotatable bonds is 3. The van der Waals surface area contributed by atoms with Gasteiger partial charge in [-0.2, -0.15) is 0 Å². The van der Waals surface area contributed by atoms with Crippen molar-refractivity contribution in [2.24, 2.45) is 0 Å². The van der Waals surface area contributed by atoms with Gasteiger partial charge in [-0.05, 0) is 76.5 Å². The lowest BCUT2D eigenvalue weighted by Crippen LogP contribution is -2.55. The lowest BCUT2D eigenvalue weighted by Gasteiger charge is -2.45. The summed E-state index contributed by atoms with van der Waals surface area (Å²) in [4.78, 5) is 32.2. The Balaban J connectivity index is 1.23. The number of fused-ring (bicyclic) bond motifs is 3. The van der Waals surface area contributed by atoms with E-state index in [0.29, 0.717) is 30.8 Å². The fourth-order valence-corrected chi connectivity index (χ4v) is 6.52. The maximum Gasteiger partial charge on any atom is 0.410 e. The zero-order valence-corrected chi connectivity index (χ0v) is 19.0. The van der Waals surface area contributed by atoms with Crippen LogP contribution in [-0.2, 0) is 9.53 Å². The molecule has 0 N–H and O–H groups in total. The van der Waals surface area contributed by atoms with Gasteiger partial charge in [0.05, 0.1) is 12.5 Å². The average molecular weight is 426 g/mol. The van der Waals surface area contributed by atoms with Crippen LogP contribution in [0.4, 0.5) is 10.5 Å². The van der Waals surface area contributed by atoms with Crippen molar-refractivity contribution in [3.05, 3.63) is 29.3 Å². The van der Waals surface area contributed by atoms with Gasteiger partial charge >= 0.3 is 6.09 Å². The summed E-state index contributed by atoms with van der Waals surface area (Å²) in [7, 11) is 0. The zero-order valence-electron chi connectivity index (χ0n) is 19.0. The van der Waals surface area contributed by atoms with E-state index in [4.69, 9.17) is 4.74 Å². The van der Waals surface area contributed by atoms with Crippen LogP contribution in [0.25, 0.3) is 0 Å². The summed E-state index contributed by atoms with van der Waals surface area (Å²) >= 11 is 0. The van der Waals surface area contributed by atoms with Gasteiger partial charge < -0.3 is 19.4 Å². The molecule has 0 radical (unpaired) electrons. The summed E-state index contributed by atoms with van der Waals surface area (Å²) in [5.41, 5.74) is 3.53. The van der Waals surface area contributed by atoms with Gasteiger partial charge in [0, 0.05) is 42.9 Å². The molecule has 168 valence electrons. The van der Waals surface area contributed by atoms with E-state index >= 15 is 0 Å². The number of ether oxygens (including phenoxy) is 1. The fraction of sp³-hybridized carbons (Fsp3) is 0.680. The normalized spacial score (nSPS) is 31.3. The number of carbonyl (C=O) groups is 2. The molecule has 6 nitrogen and oxygen atoms in total. The van der Waals surface area contributed by atoms with Crippen molar-refractivity contribution < 1.29 is 14.3 Å². The second kappa shape index (κ2) is 8.12. The first-order valence-corrected chi connectivity index (χ1v) is 12.1. The van der Waals surface area contributed by atoms with E-state index < -0.39 is 0 Å². The predicted molar refractivity (Wildman–Crippen MR) is 120 cm³/mol. The van der Waals surface area contributed by atoms with Crippen molar-refractivity contribution in [3.8, 4) is 0 Å². The molecule has 4 heterocycles.